The predicted octanol–water partition coefficient (Wildman–Crippen LogP) is 0.936. The summed E-state index contributed by atoms with van der Waals surface area (Å²) in [6.07, 6.45) is 1.83. The van der Waals surface area contributed by atoms with Crippen LogP contribution >= 0.6 is 12.2 Å². The van der Waals surface area contributed by atoms with E-state index in [-0.39, 0.29) is 11.9 Å². The number of thiocarbonyl (C=S) groups is 1. The molecule has 1 atom stereocenters. The first-order valence-corrected chi connectivity index (χ1v) is 5.42. The van der Waals surface area contributed by atoms with Crippen LogP contribution in [-0.2, 0) is 9.53 Å². The van der Waals surface area contributed by atoms with Gasteiger partial charge in [-0.15, -0.1) is 0 Å². The van der Waals surface area contributed by atoms with Gasteiger partial charge in [0.15, 0.2) is 0 Å². The maximum atomic E-state index is 11.6. The van der Waals surface area contributed by atoms with Crippen LogP contribution in [0.3, 0.4) is 0 Å². The van der Waals surface area contributed by atoms with Gasteiger partial charge in [-0.1, -0.05) is 12.2 Å². The first-order chi connectivity index (χ1) is 6.99. The number of methoxy groups -OCH3 is 1. The Morgan fingerprint density at radius 2 is 2.20 bits per heavy atom. The van der Waals surface area contributed by atoms with Gasteiger partial charge in [-0.25, -0.2) is 0 Å². The normalized spacial score (nSPS) is 12.2. The summed E-state index contributed by atoms with van der Waals surface area (Å²) in [7, 11) is 3.40. The smallest absolute Gasteiger partial charge is 0.222 e. The number of nitrogens with two attached hydrogens (primary N) is 1. The topological polar surface area (TPSA) is 55.6 Å². The molecule has 0 radical (unpaired) electrons. The van der Waals surface area contributed by atoms with Crippen molar-refractivity contribution in [3.05, 3.63) is 0 Å². The van der Waals surface area contributed by atoms with Crippen molar-refractivity contribution >= 4 is 23.1 Å². The number of hydrogen-bond donors (Lipinski definition) is 1. The number of carbonyl (C=O) groups is 1. The molecule has 0 heterocycles. The Kier molecular flexibility index (Phi) is 7.25. The molecule has 0 aromatic heterocycles. The second-order valence-corrected chi connectivity index (χ2v) is 4.14. The molecule has 0 aliphatic carbocycles. The van der Waals surface area contributed by atoms with Crippen molar-refractivity contribution in [1.29, 1.82) is 0 Å². The minimum Gasteiger partial charge on any atom is -0.393 e. The van der Waals surface area contributed by atoms with Crippen LogP contribution in [0.4, 0.5) is 0 Å². The fourth-order valence-electron chi connectivity index (χ4n) is 1.22. The van der Waals surface area contributed by atoms with E-state index in [0.29, 0.717) is 24.4 Å². The predicted molar refractivity (Wildman–Crippen MR) is 64.7 cm³/mol. The molecular formula is C10H20N2O2S. The summed E-state index contributed by atoms with van der Waals surface area (Å²) < 4.78 is 4.89. The molecule has 0 bridgehead atoms. The summed E-state index contributed by atoms with van der Waals surface area (Å²) in [6.45, 7) is 2.55. The lowest BCUT2D eigenvalue weighted by Crippen LogP contribution is -2.37. The van der Waals surface area contributed by atoms with Crippen LogP contribution in [0.25, 0.3) is 0 Å². The molecule has 0 aliphatic rings. The van der Waals surface area contributed by atoms with E-state index in [9.17, 15) is 4.79 Å². The van der Waals surface area contributed by atoms with E-state index >= 15 is 0 Å². The minimum atomic E-state index is 0.0672. The summed E-state index contributed by atoms with van der Waals surface area (Å²) in [5.41, 5.74) is 5.43. The van der Waals surface area contributed by atoms with Gasteiger partial charge in [0, 0.05) is 39.6 Å². The van der Waals surface area contributed by atoms with Gasteiger partial charge in [-0.2, -0.15) is 0 Å². The lowest BCUT2D eigenvalue weighted by molar-refractivity contribution is -0.131. The first kappa shape index (κ1) is 14.3. The number of amides is 1. The molecule has 0 aromatic rings. The van der Waals surface area contributed by atoms with E-state index in [1.807, 2.05) is 6.92 Å². The molecule has 1 amide bonds. The molecule has 15 heavy (non-hydrogen) atoms. The molecular weight excluding hydrogens is 212 g/mol. The third-order valence-corrected chi connectivity index (χ3v) is 2.46. The molecule has 1 unspecified atom stereocenters. The van der Waals surface area contributed by atoms with Crippen molar-refractivity contribution in [1.82, 2.24) is 4.90 Å². The lowest BCUT2D eigenvalue weighted by atomic mass is 10.2. The second-order valence-electron chi connectivity index (χ2n) is 3.62. The van der Waals surface area contributed by atoms with E-state index in [0.717, 1.165) is 6.42 Å². The lowest BCUT2D eigenvalue weighted by Gasteiger charge is -2.24. The zero-order valence-corrected chi connectivity index (χ0v) is 10.5. The molecule has 0 saturated carbocycles. The zero-order valence-electron chi connectivity index (χ0n) is 9.66. The molecule has 0 rings (SSSR count). The van der Waals surface area contributed by atoms with Crippen LogP contribution in [0.15, 0.2) is 0 Å². The van der Waals surface area contributed by atoms with Crippen LogP contribution in [0.5, 0.6) is 0 Å². The first-order valence-electron chi connectivity index (χ1n) is 5.02. The number of nitrogens with zero attached hydrogens (tertiary/aromatic N) is 1. The second kappa shape index (κ2) is 7.59. The molecule has 5 heteroatoms. The third kappa shape index (κ3) is 6.41. The van der Waals surface area contributed by atoms with E-state index in [1.165, 1.54) is 0 Å². The van der Waals surface area contributed by atoms with Crippen LogP contribution < -0.4 is 5.73 Å². The van der Waals surface area contributed by atoms with Crippen molar-refractivity contribution < 1.29 is 9.53 Å². The monoisotopic (exact) mass is 232 g/mol. The summed E-state index contributed by atoms with van der Waals surface area (Å²) in [5, 5.41) is 0. The Balaban J connectivity index is 3.90. The van der Waals surface area contributed by atoms with Crippen molar-refractivity contribution in [3.8, 4) is 0 Å². The number of ether oxygens (including phenoxy) is 1. The van der Waals surface area contributed by atoms with Gasteiger partial charge in [0.25, 0.3) is 0 Å². The van der Waals surface area contributed by atoms with E-state index in [1.54, 1.807) is 19.1 Å². The van der Waals surface area contributed by atoms with E-state index in [4.69, 9.17) is 22.7 Å². The average molecular weight is 232 g/mol. The maximum absolute atomic E-state index is 11.6. The Morgan fingerprint density at radius 3 is 2.67 bits per heavy atom. The molecule has 0 spiro atoms. The highest BCUT2D eigenvalue weighted by atomic mass is 32.1. The summed E-state index contributed by atoms with van der Waals surface area (Å²) in [5.74, 6) is 0.107. The number of rotatable bonds is 7. The van der Waals surface area contributed by atoms with Crippen LogP contribution in [0, 0.1) is 0 Å². The van der Waals surface area contributed by atoms with Gasteiger partial charge in [0.1, 0.15) is 0 Å². The van der Waals surface area contributed by atoms with Crippen LogP contribution in [0.1, 0.15) is 26.2 Å². The highest BCUT2D eigenvalue weighted by Crippen LogP contribution is 2.05. The standard InChI is InChI=1S/C10H20N2O2S/c1-8(7-9(11)15)12(2)10(13)5-4-6-14-3/h8H,4-7H2,1-3H3,(H2,11,15). The Bertz CT molecular complexity index is 221. The maximum Gasteiger partial charge on any atom is 0.222 e. The zero-order chi connectivity index (χ0) is 11.8. The molecule has 88 valence electrons. The number of hydrogen-bond acceptors (Lipinski definition) is 3. The molecule has 2 N–H and O–H groups in total. The fourth-order valence-corrected chi connectivity index (χ4v) is 1.46. The highest BCUT2D eigenvalue weighted by Gasteiger charge is 2.15. The molecule has 0 aromatic carbocycles. The van der Waals surface area contributed by atoms with Crippen molar-refractivity contribution in [2.75, 3.05) is 20.8 Å². The van der Waals surface area contributed by atoms with Crippen molar-refractivity contribution in [2.24, 2.45) is 5.73 Å². The summed E-state index contributed by atoms with van der Waals surface area (Å²) in [6, 6.07) is 0.0672. The third-order valence-electron chi connectivity index (χ3n) is 2.29. The summed E-state index contributed by atoms with van der Waals surface area (Å²) in [4.78, 5) is 13.8. The quantitative estimate of drug-likeness (QED) is 0.524. The molecule has 4 nitrogen and oxygen atoms in total. The minimum absolute atomic E-state index is 0.0672. The van der Waals surface area contributed by atoms with Crippen LogP contribution in [0.2, 0.25) is 0 Å². The Hall–Kier alpha value is -0.680. The van der Waals surface area contributed by atoms with Gasteiger partial charge in [0.05, 0.1) is 4.99 Å². The molecule has 0 aliphatic heterocycles. The highest BCUT2D eigenvalue weighted by molar-refractivity contribution is 7.80. The average Bonchev–Trinajstić information content (AvgIpc) is 2.15. The van der Waals surface area contributed by atoms with Gasteiger partial charge in [0.2, 0.25) is 5.91 Å². The van der Waals surface area contributed by atoms with Crippen LogP contribution in [-0.4, -0.2) is 42.6 Å². The van der Waals surface area contributed by atoms with Gasteiger partial charge >= 0.3 is 0 Å². The summed E-state index contributed by atoms with van der Waals surface area (Å²) >= 11 is 4.80. The van der Waals surface area contributed by atoms with E-state index in [2.05, 4.69) is 0 Å². The largest absolute Gasteiger partial charge is 0.393 e. The SMILES string of the molecule is COCCCC(=O)N(C)C(C)CC(N)=S. The van der Waals surface area contributed by atoms with Crippen molar-refractivity contribution in [3.63, 3.8) is 0 Å². The fraction of sp³-hybridized carbons (Fsp3) is 0.800. The van der Waals surface area contributed by atoms with Crippen molar-refractivity contribution in [2.45, 2.75) is 32.2 Å². The van der Waals surface area contributed by atoms with E-state index < -0.39 is 0 Å². The van der Waals surface area contributed by atoms with Gasteiger partial charge < -0.3 is 15.4 Å². The number of carbonyl (C=O) groups excluding carboxylic acids is 1. The Morgan fingerprint density at radius 1 is 1.60 bits per heavy atom. The van der Waals surface area contributed by atoms with Gasteiger partial charge in [-0.3, -0.25) is 4.79 Å². The van der Waals surface area contributed by atoms with Gasteiger partial charge in [-0.05, 0) is 13.3 Å². The Labute approximate surface area is 96.8 Å². The molecule has 0 fully saturated rings. The molecule has 0 saturated heterocycles.